The molecule has 0 N–H and O–H groups in total. The number of aromatic nitrogens is 2. The molecule has 3 rings (SSSR count). The highest BCUT2D eigenvalue weighted by atomic mass is 35.5. The first kappa shape index (κ1) is 12.8. The summed E-state index contributed by atoms with van der Waals surface area (Å²) in [6, 6.07) is 1.52. The third kappa shape index (κ3) is 2.86. The van der Waals surface area contributed by atoms with Gasteiger partial charge in [-0.25, -0.2) is 0 Å². The van der Waals surface area contributed by atoms with E-state index < -0.39 is 0 Å². The van der Waals surface area contributed by atoms with Gasteiger partial charge in [0.25, 0.3) is 0 Å². The monoisotopic (exact) mass is 285 g/mol. The fourth-order valence-corrected chi connectivity index (χ4v) is 3.61. The van der Waals surface area contributed by atoms with Crippen LogP contribution >= 0.6 is 23.1 Å². The van der Waals surface area contributed by atoms with Crippen molar-refractivity contribution in [2.45, 2.75) is 64.1 Å². The van der Waals surface area contributed by atoms with Gasteiger partial charge in [0.05, 0.1) is 0 Å². The highest BCUT2D eigenvalue weighted by Gasteiger charge is 2.35. The average Bonchev–Trinajstić information content (AvgIpc) is 3.12. The summed E-state index contributed by atoms with van der Waals surface area (Å²) < 4.78 is 4.71. The fourth-order valence-electron chi connectivity index (χ4n) is 3.00. The molecule has 0 amide bonds. The van der Waals surface area contributed by atoms with Gasteiger partial charge in [-0.1, -0.05) is 23.0 Å². The lowest BCUT2D eigenvalue weighted by atomic mass is 9.86. The van der Waals surface area contributed by atoms with Crippen molar-refractivity contribution in [3.63, 3.8) is 0 Å². The molecule has 18 heavy (non-hydrogen) atoms. The Morgan fingerprint density at radius 1 is 1.17 bits per heavy atom. The molecule has 2 saturated carbocycles. The molecule has 0 aromatic carbocycles. The summed E-state index contributed by atoms with van der Waals surface area (Å²) in [6.07, 6.45) is 8.12. The van der Waals surface area contributed by atoms with Crippen LogP contribution in [0.25, 0.3) is 0 Å². The van der Waals surface area contributed by atoms with Gasteiger partial charge in [0, 0.05) is 30.2 Å². The van der Waals surface area contributed by atoms with Crippen molar-refractivity contribution in [2.24, 2.45) is 5.92 Å². The number of rotatable bonds is 4. The largest absolute Gasteiger partial charge is 0.291 e. The first-order chi connectivity index (χ1) is 8.74. The van der Waals surface area contributed by atoms with Crippen LogP contribution in [-0.2, 0) is 6.54 Å². The van der Waals surface area contributed by atoms with Crippen LogP contribution in [0.5, 0.6) is 0 Å². The third-order valence-corrected chi connectivity index (χ3v) is 5.30. The van der Waals surface area contributed by atoms with E-state index in [0.717, 1.165) is 34.6 Å². The lowest BCUT2D eigenvalue weighted by Crippen LogP contribution is -2.39. The van der Waals surface area contributed by atoms with E-state index in [1.54, 1.807) is 0 Å². The van der Waals surface area contributed by atoms with E-state index in [1.165, 1.54) is 50.1 Å². The highest BCUT2D eigenvalue weighted by Crippen LogP contribution is 2.36. The Morgan fingerprint density at radius 3 is 2.28 bits per heavy atom. The maximum atomic E-state index is 6.14. The van der Waals surface area contributed by atoms with Crippen LogP contribution in [0.15, 0.2) is 0 Å². The van der Waals surface area contributed by atoms with E-state index in [9.17, 15) is 0 Å². The Kier molecular flexibility index (Phi) is 3.87. The number of halogens is 1. The van der Waals surface area contributed by atoms with Crippen molar-refractivity contribution in [2.75, 3.05) is 0 Å². The Morgan fingerprint density at radius 2 is 1.78 bits per heavy atom. The van der Waals surface area contributed by atoms with Crippen LogP contribution in [-0.4, -0.2) is 26.6 Å². The summed E-state index contributed by atoms with van der Waals surface area (Å²) in [5.41, 5.74) is 0.979. The summed E-state index contributed by atoms with van der Waals surface area (Å²) in [5.74, 6) is 0.909. The van der Waals surface area contributed by atoms with Crippen LogP contribution in [0, 0.1) is 5.92 Å². The van der Waals surface area contributed by atoms with E-state index in [4.69, 9.17) is 11.6 Å². The summed E-state index contributed by atoms with van der Waals surface area (Å²) in [4.78, 5) is 2.65. The van der Waals surface area contributed by atoms with Crippen molar-refractivity contribution in [1.29, 1.82) is 0 Å². The SMILES string of the molecule is CC1CCC(N(Cc2nnsc2Cl)C2CC2)CC1. The molecule has 0 saturated heterocycles. The zero-order chi connectivity index (χ0) is 12.5. The molecule has 0 radical (unpaired) electrons. The molecule has 1 aromatic heterocycles. The molecule has 5 heteroatoms. The second-order valence-electron chi connectivity index (χ2n) is 5.81. The highest BCUT2D eigenvalue weighted by molar-refractivity contribution is 7.10. The smallest absolute Gasteiger partial charge is 0.138 e. The van der Waals surface area contributed by atoms with Gasteiger partial charge in [-0.2, -0.15) is 0 Å². The van der Waals surface area contributed by atoms with Gasteiger partial charge in [-0.15, -0.1) is 5.10 Å². The first-order valence-electron chi connectivity index (χ1n) is 6.96. The molecule has 2 fully saturated rings. The summed E-state index contributed by atoms with van der Waals surface area (Å²) in [5, 5.41) is 4.17. The van der Waals surface area contributed by atoms with E-state index in [0.29, 0.717) is 0 Å². The predicted molar refractivity (Wildman–Crippen MR) is 74.9 cm³/mol. The zero-order valence-electron chi connectivity index (χ0n) is 10.8. The first-order valence-corrected chi connectivity index (χ1v) is 8.11. The predicted octanol–water partition coefficient (Wildman–Crippen LogP) is 3.73. The molecular formula is C13H20ClN3S. The van der Waals surface area contributed by atoms with Crippen LogP contribution in [0.3, 0.4) is 0 Å². The van der Waals surface area contributed by atoms with E-state index in [2.05, 4.69) is 21.4 Å². The van der Waals surface area contributed by atoms with Crippen molar-refractivity contribution >= 4 is 23.1 Å². The molecule has 0 atom stereocenters. The Labute approximate surface area is 118 Å². The van der Waals surface area contributed by atoms with Gasteiger partial charge < -0.3 is 0 Å². The van der Waals surface area contributed by atoms with Crippen LogP contribution in [0.1, 0.15) is 51.1 Å². The van der Waals surface area contributed by atoms with E-state index in [-0.39, 0.29) is 0 Å². The maximum Gasteiger partial charge on any atom is 0.138 e. The Hall–Kier alpha value is -0.190. The van der Waals surface area contributed by atoms with Crippen LogP contribution in [0.2, 0.25) is 4.34 Å². The van der Waals surface area contributed by atoms with Gasteiger partial charge in [-0.05, 0) is 44.4 Å². The minimum Gasteiger partial charge on any atom is -0.291 e. The number of hydrogen-bond donors (Lipinski definition) is 0. The molecule has 0 spiro atoms. The topological polar surface area (TPSA) is 29.0 Å². The minimum atomic E-state index is 0.742. The van der Waals surface area contributed by atoms with E-state index >= 15 is 0 Å². The molecular weight excluding hydrogens is 266 g/mol. The molecule has 2 aliphatic rings. The van der Waals surface area contributed by atoms with Gasteiger partial charge >= 0.3 is 0 Å². The molecule has 2 aliphatic carbocycles. The van der Waals surface area contributed by atoms with Crippen molar-refractivity contribution in [1.82, 2.24) is 14.5 Å². The van der Waals surface area contributed by atoms with Crippen molar-refractivity contribution < 1.29 is 0 Å². The van der Waals surface area contributed by atoms with Gasteiger partial charge in [0.2, 0.25) is 0 Å². The lowest BCUT2D eigenvalue weighted by Gasteiger charge is -2.36. The number of nitrogens with zero attached hydrogens (tertiary/aromatic N) is 3. The van der Waals surface area contributed by atoms with Crippen molar-refractivity contribution in [3.05, 3.63) is 10.0 Å². The Balaban J connectivity index is 1.67. The molecule has 0 aliphatic heterocycles. The fraction of sp³-hybridized carbons (Fsp3) is 0.846. The van der Waals surface area contributed by atoms with Crippen LogP contribution < -0.4 is 0 Å². The molecule has 0 unspecified atom stereocenters. The molecule has 1 aromatic rings. The number of hydrogen-bond acceptors (Lipinski definition) is 4. The normalized spacial score (nSPS) is 28.8. The average molecular weight is 286 g/mol. The standard InChI is InChI=1S/C13H20ClN3S/c1-9-2-4-10(5-3-9)17(11-6-7-11)8-12-13(14)18-16-15-12/h9-11H,2-8H2,1H3. The zero-order valence-corrected chi connectivity index (χ0v) is 12.4. The van der Waals surface area contributed by atoms with Crippen molar-refractivity contribution in [3.8, 4) is 0 Å². The molecule has 1 heterocycles. The maximum absolute atomic E-state index is 6.14. The second-order valence-corrected chi connectivity index (χ2v) is 7.17. The van der Waals surface area contributed by atoms with Gasteiger partial charge in [0.15, 0.2) is 0 Å². The molecule has 0 bridgehead atoms. The van der Waals surface area contributed by atoms with E-state index in [1.807, 2.05) is 0 Å². The Bertz CT molecular complexity index is 397. The minimum absolute atomic E-state index is 0.742. The third-order valence-electron chi connectivity index (χ3n) is 4.31. The summed E-state index contributed by atoms with van der Waals surface area (Å²) in [7, 11) is 0. The lowest BCUT2D eigenvalue weighted by molar-refractivity contribution is 0.123. The van der Waals surface area contributed by atoms with Gasteiger partial charge in [-0.3, -0.25) is 4.90 Å². The summed E-state index contributed by atoms with van der Waals surface area (Å²) >= 11 is 7.44. The van der Waals surface area contributed by atoms with Gasteiger partial charge in [0.1, 0.15) is 10.0 Å². The molecule has 3 nitrogen and oxygen atoms in total. The molecule has 100 valence electrons. The summed E-state index contributed by atoms with van der Waals surface area (Å²) in [6.45, 7) is 3.28. The van der Waals surface area contributed by atoms with Crippen LogP contribution in [0.4, 0.5) is 0 Å². The second kappa shape index (κ2) is 5.43. The quantitative estimate of drug-likeness (QED) is 0.844.